The molecule has 1 aliphatic heterocycles. The highest BCUT2D eigenvalue weighted by atomic mass is 16.5. The molecule has 1 fully saturated rings. The molecule has 0 saturated carbocycles. The van der Waals surface area contributed by atoms with E-state index in [1.165, 1.54) is 5.56 Å². The molecule has 1 saturated heterocycles. The second kappa shape index (κ2) is 7.84. The van der Waals surface area contributed by atoms with Crippen LogP contribution in [0.1, 0.15) is 24.0 Å². The lowest BCUT2D eigenvalue weighted by atomic mass is 9.92. The molecule has 0 radical (unpaired) electrons. The minimum atomic E-state index is 0.476. The molecule has 0 aliphatic carbocycles. The van der Waals surface area contributed by atoms with E-state index in [1.807, 2.05) is 12.1 Å². The van der Waals surface area contributed by atoms with Gasteiger partial charge in [0.15, 0.2) is 0 Å². The van der Waals surface area contributed by atoms with Crippen molar-refractivity contribution in [3.8, 4) is 11.3 Å². The number of nitrogens with zero attached hydrogens (tertiary/aromatic N) is 3. The SMILES string of the molecule is CN=Cc1cc(-c2ccc3ccc(CC4CCOCC4)cc3n2)cnc1N. The molecule has 2 N–H and O–H groups in total. The zero-order valence-corrected chi connectivity index (χ0v) is 15.6. The first kappa shape index (κ1) is 17.6. The quantitative estimate of drug-likeness (QED) is 0.716. The highest BCUT2D eigenvalue weighted by molar-refractivity contribution is 5.88. The van der Waals surface area contributed by atoms with Crippen molar-refractivity contribution in [2.24, 2.45) is 10.9 Å². The summed E-state index contributed by atoms with van der Waals surface area (Å²) >= 11 is 0. The van der Waals surface area contributed by atoms with Gasteiger partial charge in [0.1, 0.15) is 5.82 Å². The van der Waals surface area contributed by atoms with Crippen molar-refractivity contribution < 1.29 is 4.74 Å². The van der Waals surface area contributed by atoms with E-state index in [0.29, 0.717) is 11.7 Å². The highest BCUT2D eigenvalue weighted by Gasteiger charge is 2.14. The zero-order valence-electron chi connectivity index (χ0n) is 15.6. The van der Waals surface area contributed by atoms with E-state index in [4.69, 9.17) is 15.5 Å². The van der Waals surface area contributed by atoms with Crippen molar-refractivity contribution >= 4 is 22.9 Å². The van der Waals surface area contributed by atoms with Gasteiger partial charge in [-0.2, -0.15) is 0 Å². The molecule has 5 heteroatoms. The van der Waals surface area contributed by atoms with Gasteiger partial charge in [-0.1, -0.05) is 18.2 Å². The number of hydrogen-bond acceptors (Lipinski definition) is 5. The Morgan fingerprint density at radius 3 is 2.81 bits per heavy atom. The molecule has 138 valence electrons. The average Bonchev–Trinajstić information content (AvgIpc) is 2.70. The number of rotatable bonds is 4. The van der Waals surface area contributed by atoms with E-state index in [-0.39, 0.29) is 0 Å². The molecule has 0 bridgehead atoms. The summed E-state index contributed by atoms with van der Waals surface area (Å²) in [5.41, 5.74) is 10.9. The van der Waals surface area contributed by atoms with Crippen molar-refractivity contribution in [1.29, 1.82) is 0 Å². The predicted molar refractivity (Wildman–Crippen MR) is 110 cm³/mol. The lowest BCUT2D eigenvalue weighted by molar-refractivity contribution is 0.0665. The minimum absolute atomic E-state index is 0.476. The third-order valence-electron chi connectivity index (χ3n) is 5.14. The molecule has 4 rings (SSSR count). The second-order valence-corrected chi connectivity index (χ2v) is 7.07. The Hall–Kier alpha value is -2.79. The molecule has 0 amide bonds. The third kappa shape index (κ3) is 3.98. The average molecular weight is 360 g/mol. The van der Waals surface area contributed by atoms with Crippen LogP contribution in [0.3, 0.4) is 0 Å². The first-order chi connectivity index (χ1) is 13.2. The number of fused-ring (bicyclic) bond motifs is 1. The molecule has 1 aromatic carbocycles. The molecule has 27 heavy (non-hydrogen) atoms. The van der Waals surface area contributed by atoms with E-state index < -0.39 is 0 Å². The summed E-state index contributed by atoms with van der Waals surface area (Å²) < 4.78 is 5.47. The van der Waals surface area contributed by atoms with Gasteiger partial charge in [-0.25, -0.2) is 9.97 Å². The number of benzene rings is 1. The van der Waals surface area contributed by atoms with Gasteiger partial charge in [-0.05, 0) is 48.9 Å². The first-order valence-electron chi connectivity index (χ1n) is 9.38. The highest BCUT2D eigenvalue weighted by Crippen LogP contribution is 2.25. The normalized spacial score (nSPS) is 15.6. The fraction of sp³-hybridized carbons (Fsp3) is 0.318. The van der Waals surface area contributed by atoms with Gasteiger partial charge >= 0.3 is 0 Å². The van der Waals surface area contributed by atoms with Crippen molar-refractivity contribution in [2.75, 3.05) is 26.0 Å². The van der Waals surface area contributed by atoms with E-state index in [0.717, 1.165) is 60.2 Å². The summed E-state index contributed by atoms with van der Waals surface area (Å²) in [6, 6.07) is 12.7. The van der Waals surface area contributed by atoms with E-state index in [2.05, 4.69) is 34.2 Å². The molecule has 1 aliphatic rings. The van der Waals surface area contributed by atoms with Crippen LogP contribution in [0.25, 0.3) is 22.2 Å². The van der Waals surface area contributed by atoms with Crippen LogP contribution < -0.4 is 5.73 Å². The number of nitrogens with two attached hydrogens (primary N) is 1. The summed E-state index contributed by atoms with van der Waals surface area (Å²) in [6.07, 6.45) is 6.86. The zero-order chi connectivity index (χ0) is 18.6. The number of anilines is 1. The van der Waals surface area contributed by atoms with Gasteiger partial charge in [0.05, 0.1) is 11.2 Å². The number of hydrogen-bond donors (Lipinski definition) is 1. The topological polar surface area (TPSA) is 73.4 Å². The molecule has 2 aromatic heterocycles. The van der Waals surface area contributed by atoms with Crippen LogP contribution in [0.15, 0.2) is 47.6 Å². The summed E-state index contributed by atoms with van der Waals surface area (Å²) in [4.78, 5) is 13.2. The lowest BCUT2D eigenvalue weighted by Crippen LogP contribution is -2.17. The van der Waals surface area contributed by atoms with Gasteiger partial charge in [0, 0.05) is 49.2 Å². The molecule has 0 unspecified atom stereocenters. The van der Waals surface area contributed by atoms with Gasteiger partial charge in [0.25, 0.3) is 0 Å². The Labute approximate surface area is 159 Å². The van der Waals surface area contributed by atoms with Crippen LogP contribution >= 0.6 is 0 Å². The number of nitrogen functional groups attached to an aromatic ring is 1. The number of pyridine rings is 2. The van der Waals surface area contributed by atoms with E-state index in [1.54, 1.807) is 19.5 Å². The molecule has 0 spiro atoms. The first-order valence-corrected chi connectivity index (χ1v) is 9.38. The Kier molecular flexibility index (Phi) is 5.12. The van der Waals surface area contributed by atoms with Crippen LogP contribution in [0.2, 0.25) is 0 Å². The summed E-state index contributed by atoms with van der Waals surface area (Å²) in [7, 11) is 1.72. The molecule has 5 nitrogen and oxygen atoms in total. The van der Waals surface area contributed by atoms with Crippen LogP contribution in [0.5, 0.6) is 0 Å². The van der Waals surface area contributed by atoms with E-state index >= 15 is 0 Å². The Morgan fingerprint density at radius 1 is 1.19 bits per heavy atom. The Balaban J connectivity index is 1.65. The van der Waals surface area contributed by atoms with Crippen LogP contribution in [-0.4, -0.2) is 36.4 Å². The van der Waals surface area contributed by atoms with Gasteiger partial charge in [-0.15, -0.1) is 0 Å². The molecule has 3 heterocycles. The maximum Gasteiger partial charge on any atom is 0.132 e. The van der Waals surface area contributed by atoms with Gasteiger partial charge in [-0.3, -0.25) is 4.99 Å². The standard InChI is InChI=1S/C22H24N4O/c1-24-13-19-12-18(14-25-22(19)23)20-5-4-17-3-2-16(11-21(17)26-20)10-15-6-8-27-9-7-15/h2-5,11-15H,6-10H2,1H3,(H2,23,25). The fourth-order valence-electron chi connectivity index (χ4n) is 3.61. The lowest BCUT2D eigenvalue weighted by Gasteiger charge is -2.22. The molecular weight excluding hydrogens is 336 g/mol. The van der Waals surface area contributed by atoms with E-state index in [9.17, 15) is 0 Å². The van der Waals surface area contributed by atoms with Gasteiger partial charge in [0.2, 0.25) is 0 Å². The van der Waals surface area contributed by atoms with Crippen molar-refractivity contribution in [3.05, 3.63) is 53.7 Å². The van der Waals surface area contributed by atoms with Gasteiger partial charge < -0.3 is 10.5 Å². The molecular formula is C22H24N4O. The van der Waals surface area contributed by atoms with Crippen LogP contribution in [0, 0.1) is 5.92 Å². The van der Waals surface area contributed by atoms with Crippen LogP contribution in [0.4, 0.5) is 5.82 Å². The van der Waals surface area contributed by atoms with Crippen molar-refractivity contribution in [1.82, 2.24) is 9.97 Å². The molecule has 3 aromatic rings. The van der Waals surface area contributed by atoms with Crippen molar-refractivity contribution in [2.45, 2.75) is 19.3 Å². The maximum absolute atomic E-state index is 5.92. The maximum atomic E-state index is 5.92. The fourth-order valence-corrected chi connectivity index (χ4v) is 3.61. The van der Waals surface area contributed by atoms with Crippen LogP contribution in [-0.2, 0) is 11.2 Å². The summed E-state index contributed by atoms with van der Waals surface area (Å²) in [5.74, 6) is 1.18. The Morgan fingerprint density at radius 2 is 2.00 bits per heavy atom. The predicted octanol–water partition coefficient (Wildman–Crippen LogP) is 3.90. The minimum Gasteiger partial charge on any atom is -0.383 e. The number of ether oxygens (including phenoxy) is 1. The summed E-state index contributed by atoms with van der Waals surface area (Å²) in [5, 5.41) is 1.15. The molecule has 0 atom stereocenters. The summed E-state index contributed by atoms with van der Waals surface area (Å²) in [6.45, 7) is 1.77. The largest absolute Gasteiger partial charge is 0.383 e. The van der Waals surface area contributed by atoms with Crippen molar-refractivity contribution in [3.63, 3.8) is 0 Å². The number of aliphatic imine (C=N–C) groups is 1. The third-order valence-corrected chi connectivity index (χ3v) is 5.14. The second-order valence-electron chi connectivity index (χ2n) is 7.07. The number of aromatic nitrogens is 2. The smallest absolute Gasteiger partial charge is 0.132 e. The monoisotopic (exact) mass is 360 g/mol. The Bertz CT molecular complexity index is 977.